The number of hydrogen-bond acceptors (Lipinski definition) is 6. The van der Waals surface area contributed by atoms with Gasteiger partial charge in [0, 0.05) is 16.3 Å². The molecule has 4 rings (SSSR count). The smallest absolute Gasteiger partial charge is 0.325 e. The molecule has 0 fully saturated rings. The van der Waals surface area contributed by atoms with Crippen molar-refractivity contribution in [2.45, 2.75) is 25.3 Å². The van der Waals surface area contributed by atoms with E-state index in [9.17, 15) is 14.2 Å². The summed E-state index contributed by atoms with van der Waals surface area (Å²) in [6, 6.07) is 20.2. The number of carbonyl (C=O) groups is 2. The van der Waals surface area contributed by atoms with Crippen LogP contribution >= 0.6 is 31.0 Å². The van der Waals surface area contributed by atoms with Crippen molar-refractivity contribution in [2.75, 3.05) is 24.3 Å². The van der Waals surface area contributed by atoms with E-state index >= 15 is 0 Å². The lowest BCUT2D eigenvalue weighted by atomic mass is 9.94. The molecule has 188 valence electrons. The van der Waals surface area contributed by atoms with Gasteiger partial charge in [-0.2, -0.15) is 0 Å². The second kappa shape index (κ2) is 11.8. The highest BCUT2D eigenvalue weighted by Crippen LogP contribution is 2.51. The summed E-state index contributed by atoms with van der Waals surface area (Å²) < 4.78 is 23.5. The van der Waals surface area contributed by atoms with Crippen LogP contribution in [-0.2, 0) is 24.6 Å². The summed E-state index contributed by atoms with van der Waals surface area (Å²) in [7, 11) is -3.21. The van der Waals surface area contributed by atoms with Crippen molar-refractivity contribution in [1.82, 2.24) is 0 Å². The summed E-state index contributed by atoms with van der Waals surface area (Å²) in [5.74, 6) is 0.0420. The number of Topliss-reactive ketones (excluding diaryl/α,β-unsaturated/α-hetero) is 1. The minimum Gasteiger partial charge on any atom is -0.325 e. The molecule has 1 aliphatic rings. The van der Waals surface area contributed by atoms with Gasteiger partial charge in [-0.3, -0.25) is 14.2 Å². The van der Waals surface area contributed by atoms with Crippen LogP contribution in [0.3, 0.4) is 0 Å². The molecule has 0 spiro atoms. The summed E-state index contributed by atoms with van der Waals surface area (Å²) in [5, 5.41) is 3.08. The van der Waals surface area contributed by atoms with E-state index in [1.54, 1.807) is 38.1 Å². The van der Waals surface area contributed by atoms with Gasteiger partial charge in [-0.25, -0.2) is 0 Å². The Labute approximate surface area is 220 Å². The number of carbonyl (C=O) groups excluding carboxylic acids is 2. The van der Waals surface area contributed by atoms with Crippen molar-refractivity contribution in [3.63, 3.8) is 0 Å². The predicted octanol–water partition coefficient (Wildman–Crippen LogP) is 7.38. The Kier molecular flexibility index (Phi) is 8.70. The fraction of sp³-hybridized carbons (Fsp3) is 0.259. The highest BCUT2D eigenvalue weighted by atomic mass is 35.5. The Morgan fingerprint density at radius 3 is 2.28 bits per heavy atom. The molecular weight excluding hydrogens is 517 g/mol. The quantitative estimate of drug-likeness (QED) is 0.283. The number of anilines is 1. The summed E-state index contributed by atoms with van der Waals surface area (Å²) in [4.78, 5) is 25.8. The van der Waals surface area contributed by atoms with Crippen molar-refractivity contribution in [2.24, 2.45) is 0 Å². The Morgan fingerprint density at radius 2 is 1.64 bits per heavy atom. The molecule has 1 heterocycles. The van der Waals surface area contributed by atoms with E-state index in [2.05, 4.69) is 5.32 Å². The van der Waals surface area contributed by atoms with Crippen molar-refractivity contribution >= 4 is 48.3 Å². The zero-order valence-corrected chi connectivity index (χ0v) is 22.5. The van der Waals surface area contributed by atoms with Crippen LogP contribution in [0.1, 0.15) is 40.6 Å². The van der Waals surface area contributed by atoms with Crippen LogP contribution in [0.15, 0.2) is 66.7 Å². The third-order valence-electron chi connectivity index (χ3n) is 5.68. The van der Waals surface area contributed by atoms with Gasteiger partial charge in [-0.1, -0.05) is 48.0 Å². The maximum atomic E-state index is 13.2. The number of nitrogens with one attached hydrogen (secondary N) is 1. The molecule has 0 aliphatic carbocycles. The van der Waals surface area contributed by atoms with Gasteiger partial charge in [0.1, 0.15) is 5.25 Å². The zero-order chi connectivity index (χ0) is 25.7. The Morgan fingerprint density at radius 1 is 1.00 bits per heavy atom. The monoisotopic (exact) mass is 543 g/mol. The number of benzene rings is 3. The summed E-state index contributed by atoms with van der Waals surface area (Å²) in [5.41, 5.74) is 4.53. The van der Waals surface area contributed by atoms with Crippen LogP contribution in [-0.4, -0.2) is 30.7 Å². The number of halogens is 1. The normalized spacial score (nSPS) is 15.4. The average Bonchev–Trinajstić information content (AvgIpc) is 2.86. The number of ketones is 1. The number of amides is 1. The summed E-state index contributed by atoms with van der Waals surface area (Å²) >= 11 is 7.31. The lowest BCUT2D eigenvalue weighted by molar-refractivity contribution is -0.115. The van der Waals surface area contributed by atoms with E-state index in [1.165, 1.54) is 11.8 Å². The van der Waals surface area contributed by atoms with Gasteiger partial charge in [0.25, 0.3) is 0 Å². The van der Waals surface area contributed by atoms with Crippen LogP contribution in [0, 0.1) is 0 Å². The average molecular weight is 544 g/mol. The fourth-order valence-electron chi connectivity index (χ4n) is 4.04. The molecule has 36 heavy (non-hydrogen) atoms. The topological polar surface area (TPSA) is 81.7 Å². The van der Waals surface area contributed by atoms with Crippen LogP contribution in [0.4, 0.5) is 5.69 Å². The molecule has 1 N–H and O–H groups in total. The van der Waals surface area contributed by atoms with E-state index < -0.39 is 12.8 Å². The van der Waals surface area contributed by atoms with Gasteiger partial charge in [0.15, 0.2) is 5.78 Å². The lowest BCUT2D eigenvalue weighted by Crippen LogP contribution is -2.25. The second-order valence-electron chi connectivity index (χ2n) is 8.21. The van der Waals surface area contributed by atoms with Crippen LogP contribution in [0.2, 0.25) is 5.02 Å². The molecular formula is C27H27ClNO5PS. The molecule has 0 saturated carbocycles. The lowest BCUT2D eigenvalue weighted by Gasteiger charge is -2.24. The highest BCUT2D eigenvalue weighted by Gasteiger charge is 2.31. The molecule has 0 aromatic heterocycles. The SMILES string of the molecule is CCOP(=O)(Cc1ccc(NC(=O)[C@@H]2SCC(=O)c3cc(-c4ccc(Cl)cc4)ccc32)cc1)OCC. The van der Waals surface area contributed by atoms with E-state index in [0.717, 1.165) is 16.7 Å². The second-order valence-corrected chi connectivity index (χ2v) is 11.8. The van der Waals surface area contributed by atoms with Gasteiger partial charge >= 0.3 is 7.60 Å². The van der Waals surface area contributed by atoms with Gasteiger partial charge in [0.05, 0.1) is 25.1 Å². The first-order chi connectivity index (χ1) is 17.3. The molecule has 3 aromatic rings. The Balaban J connectivity index is 1.49. The Bertz CT molecular complexity index is 1290. The van der Waals surface area contributed by atoms with Crippen LogP contribution in [0.5, 0.6) is 0 Å². The number of fused-ring (bicyclic) bond motifs is 1. The standard InChI is InChI=1S/C27H27ClNO5PS/c1-3-33-35(32,34-4-2)16-18-5-12-22(13-6-18)29-27(31)26-23-14-9-20(15-24(23)25(30)17-36-26)19-7-10-21(28)11-8-19/h5-15,26H,3-4,16-17H2,1-2H3,(H,29,31)/t26-/m1/s1. The number of thioether (sulfide) groups is 1. The maximum Gasteiger partial charge on any atom is 0.335 e. The van der Waals surface area contributed by atoms with Gasteiger partial charge in [-0.15, -0.1) is 11.8 Å². The highest BCUT2D eigenvalue weighted by molar-refractivity contribution is 8.01. The molecule has 1 amide bonds. The van der Waals surface area contributed by atoms with Crippen molar-refractivity contribution in [3.05, 3.63) is 88.4 Å². The minimum absolute atomic E-state index is 0.00671. The summed E-state index contributed by atoms with van der Waals surface area (Å²) in [6.45, 7) is 4.15. The van der Waals surface area contributed by atoms with E-state index in [4.69, 9.17) is 20.6 Å². The number of hydrogen-bond donors (Lipinski definition) is 1. The Hall–Kier alpha value is -2.41. The molecule has 3 aromatic carbocycles. The van der Waals surface area contributed by atoms with Crippen molar-refractivity contribution < 1.29 is 23.2 Å². The largest absolute Gasteiger partial charge is 0.335 e. The van der Waals surface area contributed by atoms with Crippen molar-refractivity contribution in [1.29, 1.82) is 0 Å². The molecule has 1 atom stereocenters. The van der Waals surface area contributed by atoms with Gasteiger partial charge in [-0.05, 0) is 66.4 Å². The molecule has 0 saturated heterocycles. The third-order valence-corrected chi connectivity index (χ3v) is 9.22. The van der Waals surface area contributed by atoms with E-state index in [0.29, 0.717) is 35.1 Å². The third kappa shape index (κ3) is 6.28. The first-order valence-corrected chi connectivity index (χ1v) is 14.8. The van der Waals surface area contributed by atoms with E-state index in [1.807, 2.05) is 42.5 Å². The minimum atomic E-state index is -3.21. The van der Waals surface area contributed by atoms with E-state index in [-0.39, 0.29) is 23.6 Å². The predicted molar refractivity (Wildman–Crippen MR) is 146 cm³/mol. The number of rotatable bonds is 9. The maximum absolute atomic E-state index is 13.2. The molecule has 0 radical (unpaired) electrons. The molecule has 0 bridgehead atoms. The molecule has 6 nitrogen and oxygen atoms in total. The van der Waals surface area contributed by atoms with Gasteiger partial charge < -0.3 is 14.4 Å². The first-order valence-electron chi connectivity index (χ1n) is 11.6. The van der Waals surface area contributed by atoms with Crippen LogP contribution < -0.4 is 5.32 Å². The fourth-order valence-corrected chi connectivity index (χ4v) is 6.94. The molecule has 0 unspecified atom stereocenters. The zero-order valence-electron chi connectivity index (χ0n) is 20.0. The first kappa shape index (κ1) is 26.6. The summed E-state index contributed by atoms with van der Waals surface area (Å²) in [6.07, 6.45) is 0.160. The molecule has 1 aliphatic heterocycles. The van der Waals surface area contributed by atoms with Crippen molar-refractivity contribution in [3.8, 4) is 11.1 Å². The van der Waals surface area contributed by atoms with Crippen LogP contribution in [0.25, 0.3) is 11.1 Å². The molecule has 9 heteroatoms. The van der Waals surface area contributed by atoms with Gasteiger partial charge in [0.2, 0.25) is 5.91 Å².